The van der Waals surface area contributed by atoms with E-state index >= 15 is 0 Å². The summed E-state index contributed by atoms with van der Waals surface area (Å²) in [6.45, 7) is 8.49. The number of hydrogen-bond donors (Lipinski definition) is 1. The van der Waals surface area contributed by atoms with Crippen molar-refractivity contribution in [3.63, 3.8) is 0 Å². The molecule has 1 amide bonds. The molecule has 1 aromatic carbocycles. The molecule has 118 valence electrons. The average molecular weight is 301 g/mol. The molecule has 0 aliphatic rings. The fourth-order valence-corrected chi connectivity index (χ4v) is 2.36. The van der Waals surface area contributed by atoms with E-state index in [2.05, 4.69) is 32.2 Å². The highest BCUT2D eigenvalue weighted by molar-refractivity contribution is 5.80. The molecule has 22 heavy (non-hydrogen) atoms. The first kappa shape index (κ1) is 16.1. The van der Waals surface area contributed by atoms with Crippen LogP contribution in [0.3, 0.4) is 0 Å². The lowest BCUT2D eigenvalue weighted by atomic mass is 9.98. The largest absolute Gasteiger partial charge is 0.481 e. The van der Waals surface area contributed by atoms with Crippen LogP contribution in [0.15, 0.2) is 41.0 Å². The minimum Gasteiger partial charge on any atom is -0.481 e. The van der Waals surface area contributed by atoms with Gasteiger partial charge in [-0.3, -0.25) is 4.79 Å². The number of ether oxygens (including phenoxy) is 1. The highest BCUT2D eigenvalue weighted by Crippen LogP contribution is 2.24. The molecule has 0 aliphatic heterocycles. The molecule has 0 saturated heterocycles. The fourth-order valence-electron chi connectivity index (χ4n) is 2.36. The molecule has 0 fully saturated rings. The summed E-state index contributed by atoms with van der Waals surface area (Å²) in [4.78, 5) is 12.0. The summed E-state index contributed by atoms with van der Waals surface area (Å²) in [5.74, 6) is 1.74. The number of benzene rings is 1. The molecule has 4 nitrogen and oxygen atoms in total. The van der Waals surface area contributed by atoms with Crippen molar-refractivity contribution in [2.45, 2.75) is 46.3 Å². The zero-order valence-corrected chi connectivity index (χ0v) is 13.6. The van der Waals surface area contributed by atoms with E-state index in [4.69, 9.17) is 9.15 Å². The average Bonchev–Trinajstić information content (AvgIpc) is 2.97. The van der Waals surface area contributed by atoms with Crippen molar-refractivity contribution in [3.8, 4) is 5.75 Å². The number of aryl methyl sites for hydroxylation is 1. The van der Waals surface area contributed by atoms with E-state index in [-0.39, 0.29) is 5.91 Å². The van der Waals surface area contributed by atoms with Crippen LogP contribution in [0, 0.1) is 6.92 Å². The Morgan fingerprint density at radius 2 is 2.05 bits per heavy atom. The Labute approximate surface area is 131 Å². The van der Waals surface area contributed by atoms with Crippen LogP contribution < -0.4 is 10.1 Å². The first-order chi connectivity index (χ1) is 10.5. The van der Waals surface area contributed by atoms with Gasteiger partial charge in [-0.15, -0.1) is 0 Å². The second kappa shape index (κ2) is 7.16. The Morgan fingerprint density at radius 1 is 1.27 bits per heavy atom. The first-order valence-electron chi connectivity index (χ1n) is 7.54. The third kappa shape index (κ3) is 4.13. The van der Waals surface area contributed by atoms with Gasteiger partial charge in [-0.25, -0.2) is 0 Å². The number of furan rings is 1. The number of nitrogens with one attached hydrogen (secondary N) is 1. The minimum atomic E-state index is -0.556. The van der Waals surface area contributed by atoms with Crippen molar-refractivity contribution >= 4 is 5.91 Å². The normalized spacial score (nSPS) is 12.2. The van der Waals surface area contributed by atoms with Gasteiger partial charge in [0.15, 0.2) is 6.10 Å². The Kier molecular flexibility index (Phi) is 5.26. The summed E-state index contributed by atoms with van der Waals surface area (Å²) in [5, 5.41) is 2.79. The maximum absolute atomic E-state index is 12.0. The predicted molar refractivity (Wildman–Crippen MR) is 85.9 cm³/mol. The van der Waals surface area contributed by atoms with Gasteiger partial charge in [0.1, 0.15) is 11.5 Å². The van der Waals surface area contributed by atoms with Crippen molar-refractivity contribution < 1.29 is 13.9 Å². The molecular weight excluding hydrogens is 278 g/mol. The second-order valence-corrected chi connectivity index (χ2v) is 5.73. The molecule has 1 N–H and O–H groups in total. The Balaban J connectivity index is 1.92. The fraction of sp³-hybridized carbons (Fsp3) is 0.389. The zero-order chi connectivity index (χ0) is 16.1. The van der Waals surface area contributed by atoms with E-state index in [1.54, 1.807) is 19.3 Å². The van der Waals surface area contributed by atoms with E-state index in [0.717, 1.165) is 5.76 Å². The van der Waals surface area contributed by atoms with Gasteiger partial charge < -0.3 is 14.5 Å². The molecule has 0 radical (unpaired) electrons. The molecule has 1 heterocycles. The molecule has 0 bridgehead atoms. The number of hydrogen-bond acceptors (Lipinski definition) is 3. The molecule has 0 saturated carbocycles. The maximum Gasteiger partial charge on any atom is 0.261 e. The number of rotatable bonds is 6. The lowest BCUT2D eigenvalue weighted by molar-refractivity contribution is -0.127. The molecule has 0 aliphatic carbocycles. The Hall–Kier alpha value is -2.23. The van der Waals surface area contributed by atoms with Crippen LogP contribution in [-0.4, -0.2) is 12.0 Å². The van der Waals surface area contributed by atoms with Crippen LogP contribution in [-0.2, 0) is 11.3 Å². The van der Waals surface area contributed by atoms with Gasteiger partial charge in [0, 0.05) is 0 Å². The van der Waals surface area contributed by atoms with E-state index in [1.165, 1.54) is 11.1 Å². The quantitative estimate of drug-likeness (QED) is 0.883. The van der Waals surface area contributed by atoms with Gasteiger partial charge in [0.05, 0.1) is 12.8 Å². The maximum atomic E-state index is 12.0. The van der Waals surface area contributed by atoms with Crippen LogP contribution in [0.4, 0.5) is 0 Å². The van der Waals surface area contributed by atoms with Crippen molar-refractivity contribution in [2.75, 3.05) is 0 Å². The van der Waals surface area contributed by atoms with Crippen LogP contribution in [0.1, 0.15) is 43.6 Å². The van der Waals surface area contributed by atoms with Gasteiger partial charge >= 0.3 is 0 Å². The molecule has 1 aromatic heterocycles. The minimum absolute atomic E-state index is 0.165. The molecule has 1 unspecified atom stereocenters. The summed E-state index contributed by atoms with van der Waals surface area (Å²) in [6.07, 6.45) is 1.03. The standard InChI is InChI=1S/C18H23NO3/c1-12(2)17-8-7-15(10-13(17)3)22-14(4)18(20)19-11-16-6-5-9-21-16/h5-10,12,14H,11H2,1-4H3,(H,19,20). The summed E-state index contributed by atoms with van der Waals surface area (Å²) in [5.41, 5.74) is 2.47. The highest BCUT2D eigenvalue weighted by Gasteiger charge is 2.15. The molecule has 4 heteroatoms. The summed E-state index contributed by atoms with van der Waals surface area (Å²) < 4.78 is 10.9. The highest BCUT2D eigenvalue weighted by atomic mass is 16.5. The predicted octanol–water partition coefficient (Wildman–Crippen LogP) is 3.80. The summed E-state index contributed by atoms with van der Waals surface area (Å²) >= 11 is 0. The van der Waals surface area contributed by atoms with E-state index in [1.807, 2.05) is 18.2 Å². The first-order valence-corrected chi connectivity index (χ1v) is 7.54. The SMILES string of the molecule is Cc1cc(OC(C)C(=O)NCc2ccco2)ccc1C(C)C. The second-order valence-electron chi connectivity index (χ2n) is 5.73. The van der Waals surface area contributed by atoms with E-state index < -0.39 is 6.10 Å². The van der Waals surface area contributed by atoms with Crippen molar-refractivity contribution in [1.29, 1.82) is 0 Å². The summed E-state index contributed by atoms with van der Waals surface area (Å²) in [6, 6.07) is 9.56. The number of carbonyl (C=O) groups excluding carboxylic acids is 1. The van der Waals surface area contributed by atoms with E-state index in [0.29, 0.717) is 18.2 Å². The zero-order valence-electron chi connectivity index (χ0n) is 13.6. The number of carbonyl (C=O) groups is 1. The molecule has 2 rings (SSSR count). The number of amides is 1. The lowest BCUT2D eigenvalue weighted by Gasteiger charge is -2.16. The molecule has 2 aromatic rings. The third-order valence-corrected chi connectivity index (χ3v) is 3.56. The third-order valence-electron chi connectivity index (χ3n) is 3.56. The van der Waals surface area contributed by atoms with Crippen molar-refractivity contribution in [2.24, 2.45) is 0 Å². The van der Waals surface area contributed by atoms with Gasteiger partial charge in [-0.05, 0) is 55.2 Å². The molecular formula is C18H23NO3. The van der Waals surface area contributed by atoms with Crippen molar-refractivity contribution in [1.82, 2.24) is 5.32 Å². The van der Waals surface area contributed by atoms with Crippen molar-refractivity contribution in [3.05, 3.63) is 53.5 Å². The Bertz CT molecular complexity index is 617. The lowest BCUT2D eigenvalue weighted by Crippen LogP contribution is -2.35. The molecule has 0 spiro atoms. The smallest absolute Gasteiger partial charge is 0.261 e. The Morgan fingerprint density at radius 3 is 2.64 bits per heavy atom. The van der Waals surface area contributed by atoms with Gasteiger partial charge in [-0.1, -0.05) is 19.9 Å². The van der Waals surface area contributed by atoms with E-state index in [9.17, 15) is 4.79 Å². The summed E-state index contributed by atoms with van der Waals surface area (Å²) in [7, 11) is 0. The van der Waals surface area contributed by atoms with Gasteiger partial charge in [0.25, 0.3) is 5.91 Å². The van der Waals surface area contributed by atoms with Crippen LogP contribution >= 0.6 is 0 Å². The van der Waals surface area contributed by atoms with Crippen LogP contribution in [0.5, 0.6) is 5.75 Å². The van der Waals surface area contributed by atoms with Crippen LogP contribution in [0.25, 0.3) is 0 Å². The molecule has 1 atom stereocenters. The van der Waals surface area contributed by atoms with Gasteiger partial charge in [0.2, 0.25) is 0 Å². The monoisotopic (exact) mass is 301 g/mol. The van der Waals surface area contributed by atoms with Gasteiger partial charge in [-0.2, -0.15) is 0 Å². The topological polar surface area (TPSA) is 51.5 Å². The van der Waals surface area contributed by atoms with Crippen LogP contribution in [0.2, 0.25) is 0 Å².